The highest BCUT2D eigenvalue weighted by molar-refractivity contribution is 5.94. The van der Waals surface area contributed by atoms with Crippen LogP contribution in [0.25, 0.3) is 0 Å². The van der Waals surface area contributed by atoms with Crippen LogP contribution in [0.2, 0.25) is 0 Å². The average Bonchev–Trinajstić information content (AvgIpc) is 3.03. The minimum atomic E-state index is -0.384. The van der Waals surface area contributed by atoms with Crippen molar-refractivity contribution in [3.63, 3.8) is 0 Å². The molecule has 0 saturated carbocycles. The molecule has 1 aromatic carbocycles. The number of likely N-dealkylation sites (tertiary alicyclic amines) is 2. The summed E-state index contributed by atoms with van der Waals surface area (Å²) >= 11 is 0. The zero-order valence-corrected chi connectivity index (χ0v) is 17.1. The number of aromatic nitrogens is 2. The summed E-state index contributed by atoms with van der Waals surface area (Å²) in [4.78, 5) is 30.0. The van der Waals surface area contributed by atoms with Crippen LogP contribution in [0.1, 0.15) is 54.5 Å². The van der Waals surface area contributed by atoms with Crippen molar-refractivity contribution in [3.05, 3.63) is 53.3 Å². The Balaban J connectivity index is 1.56. The normalized spacial score (nSPS) is 21.3. The summed E-state index contributed by atoms with van der Waals surface area (Å²) in [5.41, 5.74) is 2.25. The fraction of sp³-hybridized carbons (Fsp3) is 0.500. The van der Waals surface area contributed by atoms with Crippen LogP contribution in [0.3, 0.4) is 0 Å². The van der Waals surface area contributed by atoms with Crippen LogP contribution >= 0.6 is 0 Å². The van der Waals surface area contributed by atoms with E-state index >= 15 is 0 Å². The smallest absolute Gasteiger partial charge is 0.272 e. The lowest BCUT2D eigenvalue weighted by atomic mass is 9.61. The SMILES string of the molecule is Cc1cc(C(=O)N2CCC3(CC2)C(=O)N(C(C)C)C3c2ccccc2)n(C)n1. The number of piperidine rings is 1. The van der Waals surface area contributed by atoms with Gasteiger partial charge in [0.1, 0.15) is 5.69 Å². The van der Waals surface area contributed by atoms with Gasteiger partial charge >= 0.3 is 0 Å². The predicted octanol–water partition coefficient (Wildman–Crippen LogP) is 2.94. The maximum atomic E-state index is 13.2. The number of amides is 2. The molecular formula is C22H28N4O2. The Hall–Kier alpha value is -2.63. The number of hydrogen-bond acceptors (Lipinski definition) is 3. The summed E-state index contributed by atoms with van der Waals surface area (Å²) in [5.74, 6) is 0.238. The van der Waals surface area contributed by atoms with Crippen molar-refractivity contribution in [2.24, 2.45) is 12.5 Å². The van der Waals surface area contributed by atoms with Crippen LogP contribution in [-0.4, -0.2) is 50.5 Å². The predicted molar refractivity (Wildman–Crippen MR) is 107 cm³/mol. The first kappa shape index (κ1) is 18.7. The molecule has 2 aromatic rings. The molecule has 2 aliphatic rings. The van der Waals surface area contributed by atoms with Gasteiger partial charge < -0.3 is 9.80 Å². The maximum absolute atomic E-state index is 13.2. The summed E-state index contributed by atoms with van der Waals surface area (Å²) in [7, 11) is 1.80. The van der Waals surface area contributed by atoms with Crippen molar-refractivity contribution < 1.29 is 9.59 Å². The summed E-state index contributed by atoms with van der Waals surface area (Å²) < 4.78 is 1.64. The molecule has 1 unspecified atom stereocenters. The van der Waals surface area contributed by atoms with Crippen LogP contribution in [0.4, 0.5) is 0 Å². The zero-order valence-electron chi connectivity index (χ0n) is 17.1. The minimum absolute atomic E-state index is 0.00157. The van der Waals surface area contributed by atoms with Crippen molar-refractivity contribution in [2.75, 3.05) is 13.1 Å². The summed E-state index contributed by atoms with van der Waals surface area (Å²) in [6.45, 7) is 7.24. The summed E-state index contributed by atoms with van der Waals surface area (Å²) in [6.07, 6.45) is 1.41. The minimum Gasteiger partial charge on any atom is -0.337 e. The molecule has 1 aromatic heterocycles. The van der Waals surface area contributed by atoms with E-state index in [-0.39, 0.29) is 29.3 Å². The maximum Gasteiger partial charge on any atom is 0.272 e. The van der Waals surface area contributed by atoms with Crippen LogP contribution in [-0.2, 0) is 11.8 Å². The Bertz CT molecular complexity index is 895. The van der Waals surface area contributed by atoms with E-state index in [2.05, 4.69) is 31.1 Å². The van der Waals surface area contributed by atoms with E-state index in [4.69, 9.17) is 0 Å². The number of carbonyl (C=O) groups is 2. The van der Waals surface area contributed by atoms with Crippen molar-refractivity contribution in [3.8, 4) is 0 Å². The molecule has 2 aliphatic heterocycles. The lowest BCUT2D eigenvalue weighted by Crippen LogP contribution is -2.68. The average molecular weight is 380 g/mol. The molecule has 0 bridgehead atoms. The number of benzene rings is 1. The lowest BCUT2D eigenvalue weighted by molar-refractivity contribution is -0.184. The quantitative estimate of drug-likeness (QED) is 0.770. The zero-order chi connectivity index (χ0) is 20.1. The Morgan fingerprint density at radius 1 is 1.18 bits per heavy atom. The van der Waals surface area contributed by atoms with E-state index in [9.17, 15) is 9.59 Å². The highest BCUT2D eigenvalue weighted by Gasteiger charge is 2.62. The van der Waals surface area contributed by atoms with Gasteiger partial charge in [0.25, 0.3) is 5.91 Å². The molecular weight excluding hydrogens is 352 g/mol. The van der Waals surface area contributed by atoms with Gasteiger partial charge in [-0.05, 0) is 45.2 Å². The van der Waals surface area contributed by atoms with E-state index in [1.54, 1.807) is 11.7 Å². The van der Waals surface area contributed by atoms with E-state index in [1.807, 2.05) is 41.0 Å². The monoisotopic (exact) mass is 380 g/mol. The largest absolute Gasteiger partial charge is 0.337 e. The van der Waals surface area contributed by atoms with Gasteiger partial charge in [0.15, 0.2) is 0 Å². The van der Waals surface area contributed by atoms with Crippen LogP contribution in [0.5, 0.6) is 0 Å². The Morgan fingerprint density at radius 3 is 2.36 bits per heavy atom. The number of rotatable bonds is 3. The third-order valence-corrected chi connectivity index (χ3v) is 6.30. The molecule has 28 heavy (non-hydrogen) atoms. The molecule has 4 rings (SSSR count). The van der Waals surface area contributed by atoms with Crippen molar-refractivity contribution in [1.82, 2.24) is 19.6 Å². The van der Waals surface area contributed by atoms with Gasteiger partial charge in [0, 0.05) is 26.2 Å². The molecule has 2 saturated heterocycles. The van der Waals surface area contributed by atoms with Crippen LogP contribution < -0.4 is 0 Å². The molecule has 0 N–H and O–H groups in total. The first-order chi connectivity index (χ1) is 13.3. The van der Waals surface area contributed by atoms with Gasteiger partial charge in [-0.1, -0.05) is 30.3 Å². The highest BCUT2D eigenvalue weighted by Crippen LogP contribution is 2.56. The van der Waals surface area contributed by atoms with Crippen molar-refractivity contribution in [2.45, 2.75) is 45.7 Å². The van der Waals surface area contributed by atoms with E-state index in [1.165, 1.54) is 5.56 Å². The first-order valence-electron chi connectivity index (χ1n) is 10.0. The highest BCUT2D eigenvalue weighted by atomic mass is 16.2. The molecule has 6 nitrogen and oxygen atoms in total. The number of β-lactam (4-membered cyclic amide) rings is 1. The summed E-state index contributed by atoms with van der Waals surface area (Å²) in [5, 5.41) is 4.28. The van der Waals surface area contributed by atoms with Crippen molar-refractivity contribution >= 4 is 11.8 Å². The Morgan fingerprint density at radius 2 is 1.82 bits per heavy atom. The van der Waals surface area contributed by atoms with Gasteiger partial charge in [0.2, 0.25) is 5.91 Å². The number of aryl methyl sites for hydroxylation is 2. The van der Waals surface area contributed by atoms with E-state index < -0.39 is 0 Å². The van der Waals surface area contributed by atoms with E-state index in [0.29, 0.717) is 31.6 Å². The molecule has 0 aliphatic carbocycles. The van der Waals surface area contributed by atoms with Gasteiger partial charge in [-0.3, -0.25) is 14.3 Å². The van der Waals surface area contributed by atoms with Crippen molar-refractivity contribution in [1.29, 1.82) is 0 Å². The molecule has 2 fully saturated rings. The van der Waals surface area contributed by atoms with E-state index in [0.717, 1.165) is 5.69 Å². The lowest BCUT2D eigenvalue weighted by Gasteiger charge is -2.60. The number of nitrogens with zero attached hydrogens (tertiary/aromatic N) is 4. The molecule has 3 heterocycles. The molecule has 0 radical (unpaired) electrons. The third kappa shape index (κ3) is 2.74. The van der Waals surface area contributed by atoms with Gasteiger partial charge in [-0.2, -0.15) is 5.10 Å². The third-order valence-electron chi connectivity index (χ3n) is 6.30. The fourth-order valence-corrected chi connectivity index (χ4v) is 4.91. The Kier molecular flexibility index (Phi) is 4.52. The standard InChI is InChI=1S/C22H28N4O2/c1-15(2)26-19(17-8-6-5-7-9-17)22(21(26)28)10-12-25(13-11-22)20(27)18-14-16(3)23-24(18)4/h5-9,14-15,19H,10-13H2,1-4H3. The second kappa shape index (κ2) is 6.76. The first-order valence-corrected chi connectivity index (χ1v) is 10.0. The van der Waals surface area contributed by atoms with Gasteiger partial charge in [-0.15, -0.1) is 0 Å². The second-order valence-corrected chi connectivity index (χ2v) is 8.36. The molecule has 2 amide bonds. The molecule has 1 spiro atoms. The summed E-state index contributed by atoms with van der Waals surface area (Å²) in [6, 6.07) is 12.4. The van der Waals surface area contributed by atoms with Crippen LogP contribution in [0, 0.1) is 12.3 Å². The van der Waals surface area contributed by atoms with Gasteiger partial charge in [-0.25, -0.2) is 0 Å². The number of carbonyl (C=O) groups excluding carboxylic acids is 2. The fourth-order valence-electron chi connectivity index (χ4n) is 4.91. The topological polar surface area (TPSA) is 58.4 Å². The molecule has 6 heteroatoms. The second-order valence-electron chi connectivity index (χ2n) is 8.36. The van der Waals surface area contributed by atoms with Gasteiger partial charge in [0.05, 0.1) is 17.2 Å². The molecule has 1 atom stereocenters. The number of hydrogen-bond donors (Lipinski definition) is 0. The molecule has 148 valence electrons. The van der Waals surface area contributed by atoms with Crippen LogP contribution in [0.15, 0.2) is 36.4 Å². The Labute approximate surface area is 166 Å².